The lowest BCUT2D eigenvalue weighted by Gasteiger charge is -2.06. The SMILES string of the molecule is COc1cc2c(cc1N)CCC2.Cl. The van der Waals surface area contributed by atoms with Crippen LogP contribution in [0.25, 0.3) is 0 Å². The van der Waals surface area contributed by atoms with Gasteiger partial charge in [-0.1, -0.05) is 0 Å². The van der Waals surface area contributed by atoms with E-state index in [0.717, 1.165) is 11.4 Å². The average molecular weight is 200 g/mol. The summed E-state index contributed by atoms with van der Waals surface area (Å²) in [5.74, 6) is 0.815. The van der Waals surface area contributed by atoms with Gasteiger partial charge in [-0.2, -0.15) is 0 Å². The lowest BCUT2D eigenvalue weighted by molar-refractivity contribution is 0.416. The Kier molecular flexibility index (Phi) is 3.04. The van der Waals surface area contributed by atoms with Crippen molar-refractivity contribution in [3.8, 4) is 5.75 Å². The van der Waals surface area contributed by atoms with Gasteiger partial charge < -0.3 is 10.5 Å². The number of hydrogen-bond donors (Lipinski definition) is 1. The molecule has 0 bridgehead atoms. The van der Waals surface area contributed by atoms with E-state index in [0.29, 0.717) is 0 Å². The number of aryl methyl sites for hydroxylation is 2. The van der Waals surface area contributed by atoms with Crippen molar-refractivity contribution >= 4 is 18.1 Å². The maximum Gasteiger partial charge on any atom is 0.142 e. The van der Waals surface area contributed by atoms with Crippen molar-refractivity contribution in [2.75, 3.05) is 12.8 Å². The van der Waals surface area contributed by atoms with Crippen LogP contribution in [-0.2, 0) is 12.8 Å². The zero-order valence-electron chi connectivity index (χ0n) is 7.67. The monoisotopic (exact) mass is 199 g/mol. The molecule has 0 saturated heterocycles. The Bertz CT molecular complexity index is 311. The lowest BCUT2D eigenvalue weighted by Crippen LogP contribution is -1.94. The second kappa shape index (κ2) is 3.88. The summed E-state index contributed by atoms with van der Waals surface area (Å²) in [5.41, 5.74) is 9.34. The number of nitrogen functional groups attached to an aromatic ring is 1. The predicted molar refractivity (Wildman–Crippen MR) is 56.7 cm³/mol. The van der Waals surface area contributed by atoms with E-state index in [1.165, 1.54) is 30.4 Å². The van der Waals surface area contributed by atoms with Crippen LogP contribution >= 0.6 is 12.4 Å². The van der Waals surface area contributed by atoms with Crippen LogP contribution in [0.1, 0.15) is 17.5 Å². The first-order valence-corrected chi connectivity index (χ1v) is 4.26. The molecular weight excluding hydrogens is 186 g/mol. The van der Waals surface area contributed by atoms with Gasteiger partial charge in [0.25, 0.3) is 0 Å². The van der Waals surface area contributed by atoms with E-state index in [1.807, 2.05) is 6.07 Å². The summed E-state index contributed by atoms with van der Waals surface area (Å²) in [5, 5.41) is 0. The summed E-state index contributed by atoms with van der Waals surface area (Å²) in [6.45, 7) is 0. The number of hydrogen-bond acceptors (Lipinski definition) is 2. The van der Waals surface area contributed by atoms with Crippen LogP contribution < -0.4 is 10.5 Å². The minimum atomic E-state index is 0. The van der Waals surface area contributed by atoms with E-state index < -0.39 is 0 Å². The third-order valence-corrected chi connectivity index (χ3v) is 2.44. The maximum atomic E-state index is 5.78. The van der Waals surface area contributed by atoms with Gasteiger partial charge in [0.15, 0.2) is 0 Å². The molecule has 0 atom stereocenters. The molecule has 0 radical (unpaired) electrons. The number of anilines is 1. The number of halogens is 1. The molecule has 0 saturated carbocycles. The van der Waals surface area contributed by atoms with Gasteiger partial charge in [0.2, 0.25) is 0 Å². The first kappa shape index (κ1) is 10.2. The first-order chi connectivity index (χ1) is 5.81. The van der Waals surface area contributed by atoms with Crippen molar-refractivity contribution < 1.29 is 4.74 Å². The smallest absolute Gasteiger partial charge is 0.142 e. The van der Waals surface area contributed by atoms with E-state index in [9.17, 15) is 0 Å². The topological polar surface area (TPSA) is 35.2 Å². The average Bonchev–Trinajstić information content (AvgIpc) is 2.49. The fourth-order valence-corrected chi connectivity index (χ4v) is 1.80. The van der Waals surface area contributed by atoms with Gasteiger partial charge in [-0.15, -0.1) is 12.4 Å². The Labute approximate surface area is 84.5 Å². The Hall–Kier alpha value is -0.890. The number of methoxy groups -OCH3 is 1. The van der Waals surface area contributed by atoms with Crippen LogP contribution in [0.5, 0.6) is 5.75 Å². The molecule has 0 amide bonds. The number of ether oxygens (including phenoxy) is 1. The molecule has 0 unspecified atom stereocenters. The van der Waals surface area contributed by atoms with Crippen molar-refractivity contribution in [1.29, 1.82) is 0 Å². The maximum absolute atomic E-state index is 5.78. The van der Waals surface area contributed by atoms with Crippen LogP contribution in [0.4, 0.5) is 5.69 Å². The van der Waals surface area contributed by atoms with E-state index >= 15 is 0 Å². The largest absolute Gasteiger partial charge is 0.495 e. The molecule has 2 rings (SSSR count). The molecule has 0 heterocycles. The molecule has 0 aromatic heterocycles. The highest BCUT2D eigenvalue weighted by Crippen LogP contribution is 2.30. The normalized spacial score (nSPS) is 13.3. The van der Waals surface area contributed by atoms with Gasteiger partial charge in [-0.25, -0.2) is 0 Å². The Balaban J connectivity index is 0.000000845. The van der Waals surface area contributed by atoms with Gasteiger partial charge >= 0.3 is 0 Å². The van der Waals surface area contributed by atoms with E-state index in [4.69, 9.17) is 10.5 Å². The fraction of sp³-hybridized carbons (Fsp3) is 0.400. The Morgan fingerprint density at radius 3 is 2.46 bits per heavy atom. The molecule has 3 heteroatoms. The van der Waals surface area contributed by atoms with Gasteiger partial charge in [-0.05, 0) is 42.5 Å². The molecule has 0 aliphatic heterocycles. The fourth-order valence-electron chi connectivity index (χ4n) is 1.80. The molecule has 13 heavy (non-hydrogen) atoms. The van der Waals surface area contributed by atoms with Crippen LogP contribution in [0, 0.1) is 0 Å². The molecule has 0 spiro atoms. The predicted octanol–water partition coefficient (Wildman–Crippen LogP) is 2.19. The second-order valence-electron chi connectivity index (χ2n) is 3.22. The minimum absolute atomic E-state index is 0. The number of rotatable bonds is 1. The van der Waals surface area contributed by atoms with Crippen LogP contribution in [-0.4, -0.2) is 7.11 Å². The highest BCUT2D eigenvalue weighted by atomic mass is 35.5. The zero-order chi connectivity index (χ0) is 8.55. The lowest BCUT2D eigenvalue weighted by atomic mass is 10.1. The van der Waals surface area contributed by atoms with Crippen LogP contribution in [0.3, 0.4) is 0 Å². The molecule has 1 aliphatic carbocycles. The Morgan fingerprint density at radius 2 is 1.85 bits per heavy atom. The molecule has 1 aliphatic rings. The van der Waals surface area contributed by atoms with Gasteiger partial charge in [0.1, 0.15) is 5.75 Å². The van der Waals surface area contributed by atoms with Crippen molar-refractivity contribution in [3.05, 3.63) is 23.3 Å². The number of nitrogens with two attached hydrogens (primary N) is 1. The van der Waals surface area contributed by atoms with Crippen LogP contribution in [0.15, 0.2) is 12.1 Å². The summed E-state index contributed by atoms with van der Waals surface area (Å²) in [4.78, 5) is 0. The summed E-state index contributed by atoms with van der Waals surface area (Å²) >= 11 is 0. The van der Waals surface area contributed by atoms with E-state index in [-0.39, 0.29) is 12.4 Å². The van der Waals surface area contributed by atoms with Gasteiger partial charge in [0, 0.05) is 0 Å². The summed E-state index contributed by atoms with van der Waals surface area (Å²) in [6.07, 6.45) is 3.59. The third kappa shape index (κ3) is 1.73. The highest BCUT2D eigenvalue weighted by Gasteiger charge is 2.13. The quantitative estimate of drug-likeness (QED) is 0.704. The first-order valence-electron chi connectivity index (χ1n) is 4.26. The molecular formula is C10H14ClNO. The highest BCUT2D eigenvalue weighted by molar-refractivity contribution is 5.85. The number of fused-ring (bicyclic) bond motifs is 1. The number of benzene rings is 1. The third-order valence-electron chi connectivity index (χ3n) is 2.44. The van der Waals surface area contributed by atoms with Crippen LogP contribution in [0.2, 0.25) is 0 Å². The molecule has 72 valence electrons. The van der Waals surface area contributed by atoms with E-state index in [2.05, 4.69) is 6.07 Å². The summed E-state index contributed by atoms with van der Waals surface area (Å²) < 4.78 is 5.15. The van der Waals surface area contributed by atoms with Crippen molar-refractivity contribution in [2.24, 2.45) is 0 Å². The Morgan fingerprint density at radius 1 is 1.23 bits per heavy atom. The van der Waals surface area contributed by atoms with Crippen molar-refractivity contribution in [1.82, 2.24) is 0 Å². The molecule has 1 aromatic carbocycles. The van der Waals surface area contributed by atoms with Gasteiger partial charge in [0.05, 0.1) is 12.8 Å². The minimum Gasteiger partial charge on any atom is -0.495 e. The molecule has 1 aromatic rings. The standard InChI is InChI=1S/C10H13NO.ClH/c1-12-10-6-8-4-2-3-7(8)5-9(10)11;/h5-6H,2-4,11H2,1H3;1H. The summed E-state index contributed by atoms with van der Waals surface area (Å²) in [7, 11) is 1.66. The van der Waals surface area contributed by atoms with Crippen molar-refractivity contribution in [3.63, 3.8) is 0 Å². The summed E-state index contributed by atoms with van der Waals surface area (Å²) in [6, 6.07) is 4.11. The van der Waals surface area contributed by atoms with E-state index in [1.54, 1.807) is 7.11 Å². The molecule has 2 nitrogen and oxygen atoms in total. The van der Waals surface area contributed by atoms with Crippen molar-refractivity contribution in [2.45, 2.75) is 19.3 Å². The van der Waals surface area contributed by atoms with Gasteiger partial charge in [-0.3, -0.25) is 0 Å². The zero-order valence-corrected chi connectivity index (χ0v) is 8.49. The molecule has 0 fully saturated rings. The molecule has 2 N–H and O–H groups in total. The second-order valence-corrected chi connectivity index (χ2v) is 3.22.